The van der Waals surface area contributed by atoms with Gasteiger partial charge in [-0.25, -0.2) is 0 Å². The van der Waals surface area contributed by atoms with Crippen molar-refractivity contribution in [3.8, 4) is 0 Å². The molecule has 1 fully saturated rings. The Bertz CT molecular complexity index is 440. The van der Waals surface area contributed by atoms with Crippen molar-refractivity contribution in [2.24, 2.45) is 11.5 Å². The summed E-state index contributed by atoms with van der Waals surface area (Å²) < 4.78 is 0. The van der Waals surface area contributed by atoms with E-state index in [4.69, 9.17) is 46.3 Å². The highest BCUT2D eigenvalue weighted by Gasteiger charge is 2.32. The van der Waals surface area contributed by atoms with Crippen molar-refractivity contribution in [3.63, 3.8) is 0 Å². The van der Waals surface area contributed by atoms with Gasteiger partial charge in [0.15, 0.2) is 0 Å². The van der Waals surface area contributed by atoms with Gasteiger partial charge in [0.2, 0.25) is 0 Å². The van der Waals surface area contributed by atoms with Crippen LogP contribution in [0.25, 0.3) is 0 Å². The zero-order valence-electron chi connectivity index (χ0n) is 10.1. The van der Waals surface area contributed by atoms with Crippen LogP contribution < -0.4 is 11.5 Å². The van der Waals surface area contributed by atoms with Crippen LogP contribution in [0.5, 0.6) is 0 Å². The second kappa shape index (κ2) is 5.56. The van der Waals surface area contributed by atoms with Gasteiger partial charge in [0.05, 0.1) is 10.0 Å². The van der Waals surface area contributed by atoms with E-state index in [9.17, 15) is 0 Å². The van der Waals surface area contributed by atoms with E-state index in [-0.39, 0.29) is 11.6 Å². The predicted octanol–water partition coefficient (Wildman–Crippen LogP) is 3.79. The van der Waals surface area contributed by atoms with Crippen molar-refractivity contribution in [3.05, 3.63) is 32.8 Å². The van der Waals surface area contributed by atoms with Crippen molar-refractivity contribution in [1.82, 2.24) is 0 Å². The highest BCUT2D eigenvalue weighted by atomic mass is 35.5. The number of hydrogen-bond acceptors (Lipinski definition) is 2. The average molecular weight is 308 g/mol. The van der Waals surface area contributed by atoms with Crippen LogP contribution in [0.15, 0.2) is 12.1 Å². The summed E-state index contributed by atoms with van der Waals surface area (Å²) in [5.74, 6) is 0. The summed E-state index contributed by atoms with van der Waals surface area (Å²) in [6.07, 6.45) is 4.34. The van der Waals surface area contributed by atoms with Gasteiger partial charge in [-0.2, -0.15) is 0 Å². The maximum Gasteiger partial charge on any atom is 0.0639 e. The van der Waals surface area contributed by atoms with Crippen LogP contribution in [-0.2, 0) is 6.42 Å². The molecule has 5 heteroatoms. The third-order valence-electron chi connectivity index (χ3n) is 3.69. The highest BCUT2D eigenvalue weighted by Crippen LogP contribution is 2.36. The second-order valence-electron chi connectivity index (χ2n) is 5.20. The molecule has 1 saturated carbocycles. The third-order valence-corrected chi connectivity index (χ3v) is 4.89. The van der Waals surface area contributed by atoms with Gasteiger partial charge >= 0.3 is 0 Å². The van der Waals surface area contributed by atoms with E-state index in [0.29, 0.717) is 21.5 Å². The molecule has 1 aliphatic carbocycles. The Morgan fingerprint density at radius 2 is 1.67 bits per heavy atom. The van der Waals surface area contributed by atoms with Crippen LogP contribution in [0, 0.1) is 0 Å². The molecule has 0 heterocycles. The van der Waals surface area contributed by atoms with Gasteiger partial charge in [-0.3, -0.25) is 0 Å². The Morgan fingerprint density at radius 3 is 2.28 bits per heavy atom. The summed E-state index contributed by atoms with van der Waals surface area (Å²) in [6, 6.07) is 3.74. The molecule has 1 aromatic rings. The molecule has 4 N–H and O–H groups in total. The first-order valence-electron chi connectivity index (χ1n) is 6.08. The standard InChI is InChI=1S/C13H17Cl3N2/c14-10-1-2-11(15)12(16)9(10)7-13(18)5-3-8(17)4-6-13/h1-2,8H,3-7,17-18H2. The summed E-state index contributed by atoms with van der Waals surface area (Å²) in [6.45, 7) is 0. The van der Waals surface area contributed by atoms with Crippen molar-refractivity contribution in [2.45, 2.75) is 43.7 Å². The molecule has 1 aromatic carbocycles. The van der Waals surface area contributed by atoms with Gasteiger partial charge in [0.1, 0.15) is 0 Å². The molecular weight excluding hydrogens is 291 g/mol. The Hall–Kier alpha value is 0.01000. The van der Waals surface area contributed by atoms with E-state index in [1.807, 2.05) is 0 Å². The fourth-order valence-corrected chi connectivity index (χ4v) is 3.16. The van der Waals surface area contributed by atoms with Crippen LogP contribution in [0.2, 0.25) is 15.1 Å². The summed E-state index contributed by atoms with van der Waals surface area (Å²) >= 11 is 18.4. The minimum Gasteiger partial charge on any atom is -0.328 e. The lowest BCUT2D eigenvalue weighted by Gasteiger charge is -2.36. The van der Waals surface area contributed by atoms with E-state index >= 15 is 0 Å². The highest BCUT2D eigenvalue weighted by molar-refractivity contribution is 6.44. The molecule has 2 nitrogen and oxygen atoms in total. The minimum absolute atomic E-state index is 0.270. The molecule has 0 atom stereocenters. The topological polar surface area (TPSA) is 52.0 Å². The third kappa shape index (κ3) is 3.12. The van der Waals surface area contributed by atoms with Gasteiger partial charge in [0, 0.05) is 16.6 Å². The first-order valence-corrected chi connectivity index (χ1v) is 7.21. The first kappa shape index (κ1) is 14.4. The lowest BCUT2D eigenvalue weighted by Crippen LogP contribution is -2.47. The van der Waals surface area contributed by atoms with E-state index < -0.39 is 0 Å². The number of halogens is 3. The molecular formula is C13H17Cl3N2. The molecule has 18 heavy (non-hydrogen) atoms. The molecule has 0 aromatic heterocycles. The lowest BCUT2D eigenvalue weighted by molar-refractivity contribution is 0.271. The largest absolute Gasteiger partial charge is 0.328 e. The fraction of sp³-hybridized carbons (Fsp3) is 0.538. The van der Waals surface area contributed by atoms with Gasteiger partial charge < -0.3 is 11.5 Å². The number of rotatable bonds is 2. The molecule has 0 saturated heterocycles. The lowest BCUT2D eigenvalue weighted by atomic mass is 9.77. The summed E-state index contributed by atoms with van der Waals surface area (Å²) in [5, 5.41) is 1.67. The van der Waals surface area contributed by atoms with E-state index in [0.717, 1.165) is 31.2 Å². The SMILES string of the molecule is NC1CCC(N)(Cc2c(Cl)ccc(Cl)c2Cl)CC1. The van der Waals surface area contributed by atoms with Crippen molar-refractivity contribution >= 4 is 34.8 Å². The maximum atomic E-state index is 6.43. The van der Waals surface area contributed by atoms with E-state index in [2.05, 4.69) is 0 Å². The molecule has 1 aliphatic rings. The second-order valence-corrected chi connectivity index (χ2v) is 6.39. The van der Waals surface area contributed by atoms with Crippen LogP contribution in [0.3, 0.4) is 0 Å². The first-order chi connectivity index (χ1) is 8.41. The summed E-state index contributed by atoms with van der Waals surface area (Å²) in [4.78, 5) is 0. The minimum atomic E-state index is -0.270. The predicted molar refractivity (Wildman–Crippen MR) is 78.5 cm³/mol. The van der Waals surface area contributed by atoms with Crippen molar-refractivity contribution in [2.75, 3.05) is 0 Å². The average Bonchev–Trinajstić information content (AvgIpc) is 2.34. The van der Waals surface area contributed by atoms with Crippen LogP contribution >= 0.6 is 34.8 Å². The van der Waals surface area contributed by atoms with Crippen LogP contribution in [0.1, 0.15) is 31.2 Å². The molecule has 0 radical (unpaired) electrons. The van der Waals surface area contributed by atoms with Gasteiger partial charge in [0.25, 0.3) is 0 Å². The van der Waals surface area contributed by atoms with Crippen molar-refractivity contribution < 1.29 is 0 Å². The van der Waals surface area contributed by atoms with Crippen molar-refractivity contribution in [1.29, 1.82) is 0 Å². The van der Waals surface area contributed by atoms with E-state index in [1.54, 1.807) is 12.1 Å². The fourth-order valence-electron chi connectivity index (χ4n) is 2.47. The Kier molecular flexibility index (Phi) is 4.45. The zero-order valence-corrected chi connectivity index (χ0v) is 12.3. The summed E-state index contributed by atoms with van der Waals surface area (Å²) in [7, 11) is 0. The molecule has 0 aliphatic heterocycles. The summed E-state index contributed by atoms with van der Waals surface area (Å²) in [5.41, 5.74) is 12.9. The molecule has 0 unspecified atom stereocenters. The quantitative estimate of drug-likeness (QED) is 0.817. The van der Waals surface area contributed by atoms with E-state index in [1.165, 1.54) is 0 Å². The Labute approximate surface area is 123 Å². The Balaban J connectivity index is 2.21. The number of hydrogen-bond donors (Lipinski definition) is 2. The monoisotopic (exact) mass is 306 g/mol. The molecule has 0 spiro atoms. The number of benzene rings is 1. The van der Waals surface area contributed by atoms with Gasteiger partial charge in [-0.15, -0.1) is 0 Å². The Morgan fingerprint density at radius 1 is 1.11 bits per heavy atom. The number of nitrogens with two attached hydrogens (primary N) is 2. The maximum absolute atomic E-state index is 6.43. The molecule has 100 valence electrons. The smallest absolute Gasteiger partial charge is 0.0639 e. The van der Waals surface area contributed by atoms with Crippen LogP contribution in [0.4, 0.5) is 0 Å². The normalized spacial score (nSPS) is 28.4. The van der Waals surface area contributed by atoms with Gasteiger partial charge in [-0.05, 0) is 49.8 Å². The van der Waals surface area contributed by atoms with Gasteiger partial charge in [-0.1, -0.05) is 34.8 Å². The molecule has 0 bridgehead atoms. The zero-order chi connectivity index (χ0) is 13.3. The molecule has 0 amide bonds. The molecule has 2 rings (SSSR count). The van der Waals surface area contributed by atoms with Crippen LogP contribution in [-0.4, -0.2) is 11.6 Å².